The average molecular weight is 218 g/mol. The summed E-state index contributed by atoms with van der Waals surface area (Å²) in [5.41, 5.74) is 1.72. The molecule has 2 aromatic rings. The van der Waals surface area contributed by atoms with Crippen LogP contribution < -0.4 is 11.0 Å². The van der Waals surface area contributed by atoms with Gasteiger partial charge >= 0.3 is 5.69 Å². The van der Waals surface area contributed by atoms with Crippen LogP contribution in [0.1, 0.15) is 12.5 Å². The molecule has 1 aromatic carbocycles. The minimum Gasteiger partial charge on any atom is -0.313 e. The van der Waals surface area contributed by atoms with E-state index >= 15 is 0 Å². The summed E-state index contributed by atoms with van der Waals surface area (Å²) in [5, 5.41) is 9.35. The van der Waals surface area contributed by atoms with E-state index in [0.717, 1.165) is 24.3 Å². The van der Waals surface area contributed by atoms with Gasteiger partial charge in [0, 0.05) is 6.54 Å². The first-order valence-electron chi connectivity index (χ1n) is 5.24. The summed E-state index contributed by atoms with van der Waals surface area (Å²) < 4.78 is 1.51. The monoisotopic (exact) mass is 218 g/mol. The smallest absolute Gasteiger partial charge is 0.313 e. The van der Waals surface area contributed by atoms with Crippen molar-refractivity contribution in [2.45, 2.75) is 13.5 Å². The molecule has 5 nitrogen and oxygen atoms in total. The molecular formula is C11H14N4O. The van der Waals surface area contributed by atoms with Gasteiger partial charge in [-0.1, -0.05) is 25.1 Å². The Labute approximate surface area is 93.1 Å². The van der Waals surface area contributed by atoms with Crippen molar-refractivity contribution >= 4 is 0 Å². The fourth-order valence-electron chi connectivity index (χ4n) is 1.57. The van der Waals surface area contributed by atoms with E-state index < -0.39 is 0 Å². The Balaban J connectivity index is 2.40. The molecule has 0 spiro atoms. The Hall–Kier alpha value is -1.88. The molecule has 0 amide bonds. The second kappa shape index (κ2) is 4.76. The topological polar surface area (TPSA) is 62.7 Å². The van der Waals surface area contributed by atoms with Crippen molar-refractivity contribution < 1.29 is 0 Å². The maximum absolute atomic E-state index is 11.5. The molecule has 0 saturated heterocycles. The molecule has 5 heteroatoms. The van der Waals surface area contributed by atoms with Gasteiger partial charge in [-0.2, -0.15) is 5.10 Å². The zero-order valence-electron chi connectivity index (χ0n) is 9.10. The summed E-state index contributed by atoms with van der Waals surface area (Å²) in [6.45, 7) is 3.69. The number of rotatable bonds is 4. The highest BCUT2D eigenvalue weighted by atomic mass is 16.1. The van der Waals surface area contributed by atoms with Crippen molar-refractivity contribution in [2.24, 2.45) is 0 Å². The Morgan fingerprint density at radius 1 is 1.44 bits per heavy atom. The van der Waals surface area contributed by atoms with E-state index in [2.05, 4.69) is 15.5 Å². The number of hydrogen-bond donors (Lipinski definition) is 2. The number of aromatic amines is 1. The van der Waals surface area contributed by atoms with Gasteiger partial charge in [0.1, 0.15) is 6.33 Å². The van der Waals surface area contributed by atoms with E-state index in [1.54, 1.807) is 0 Å². The number of nitrogens with one attached hydrogen (secondary N) is 2. The van der Waals surface area contributed by atoms with Crippen molar-refractivity contribution in [1.29, 1.82) is 0 Å². The van der Waals surface area contributed by atoms with Crippen molar-refractivity contribution in [3.63, 3.8) is 0 Å². The highest BCUT2D eigenvalue weighted by Crippen LogP contribution is 2.11. The van der Waals surface area contributed by atoms with Crippen LogP contribution in [-0.2, 0) is 6.54 Å². The van der Waals surface area contributed by atoms with Gasteiger partial charge in [-0.05, 0) is 18.2 Å². The van der Waals surface area contributed by atoms with Gasteiger partial charge in [0.15, 0.2) is 0 Å². The molecule has 1 aromatic heterocycles. The summed E-state index contributed by atoms with van der Waals surface area (Å²) in [7, 11) is 0. The second-order valence-electron chi connectivity index (χ2n) is 3.44. The Morgan fingerprint density at radius 2 is 2.25 bits per heavy atom. The second-order valence-corrected chi connectivity index (χ2v) is 3.44. The molecule has 0 atom stereocenters. The first-order valence-corrected chi connectivity index (χ1v) is 5.24. The molecule has 0 aliphatic heterocycles. The van der Waals surface area contributed by atoms with Gasteiger partial charge in [-0.3, -0.25) is 0 Å². The maximum Gasteiger partial charge on any atom is 0.347 e. The molecule has 0 aliphatic rings. The molecule has 84 valence electrons. The average Bonchev–Trinajstić information content (AvgIpc) is 2.73. The van der Waals surface area contributed by atoms with Crippen LogP contribution in [0.4, 0.5) is 0 Å². The number of hydrogen-bond acceptors (Lipinski definition) is 3. The van der Waals surface area contributed by atoms with Crippen LogP contribution >= 0.6 is 0 Å². The van der Waals surface area contributed by atoms with Crippen molar-refractivity contribution in [1.82, 2.24) is 20.1 Å². The minimum atomic E-state index is -0.219. The van der Waals surface area contributed by atoms with Gasteiger partial charge in [0.2, 0.25) is 0 Å². The molecule has 1 heterocycles. The molecule has 0 fully saturated rings. The first kappa shape index (κ1) is 10.6. The fourth-order valence-corrected chi connectivity index (χ4v) is 1.57. The molecule has 16 heavy (non-hydrogen) atoms. The normalized spacial score (nSPS) is 10.6. The zero-order valence-corrected chi connectivity index (χ0v) is 9.10. The summed E-state index contributed by atoms with van der Waals surface area (Å²) in [5.74, 6) is 0. The van der Waals surface area contributed by atoms with E-state index in [-0.39, 0.29) is 5.69 Å². The van der Waals surface area contributed by atoms with E-state index in [1.807, 2.05) is 31.2 Å². The van der Waals surface area contributed by atoms with E-state index in [1.165, 1.54) is 10.9 Å². The summed E-state index contributed by atoms with van der Waals surface area (Å²) >= 11 is 0. The summed E-state index contributed by atoms with van der Waals surface area (Å²) in [4.78, 5) is 11.5. The number of para-hydroxylation sites is 1. The largest absolute Gasteiger partial charge is 0.347 e. The van der Waals surface area contributed by atoms with Crippen molar-refractivity contribution in [3.05, 3.63) is 46.6 Å². The Kier molecular flexibility index (Phi) is 3.16. The molecule has 0 bridgehead atoms. The highest BCUT2D eigenvalue weighted by Gasteiger charge is 2.05. The van der Waals surface area contributed by atoms with Gasteiger partial charge in [-0.25, -0.2) is 14.5 Å². The lowest BCUT2D eigenvalue weighted by Gasteiger charge is -2.08. The quantitative estimate of drug-likeness (QED) is 0.792. The predicted molar refractivity (Wildman–Crippen MR) is 61.6 cm³/mol. The predicted octanol–water partition coefficient (Wildman–Crippen LogP) is 0.670. The molecule has 0 saturated carbocycles. The fraction of sp³-hybridized carbons (Fsp3) is 0.273. The highest BCUT2D eigenvalue weighted by molar-refractivity contribution is 5.40. The summed E-state index contributed by atoms with van der Waals surface area (Å²) in [6.07, 6.45) is 1.49. The van der Waals surface area contributed by atoms with Crippen LogP contribution in [0.2, 0.25) is 0 Å². The Morgan fingerprint density at radius 3 is 2.94 bits per heavy atom. The van der Waals surface area contributed by atoms with Gasteiger partial charge in [0.05, 0.1) is 5.69 Å². The molecular weight excluding hydrogens is 204 g/mol. The third kappa shape index (κ3) is 2.04. The molecule has 2 N–H and O–H groups in total. The van der Waals surface area contributed by atoms with Gasteiger partial charge in [0.25, 0.3) is 0 Å². The Bertz CT molecular complexity index is 514. The van der Waals surface area contributed by atoms with Crippen LogP contribution in [0.25, 0.3) is 5.69 Å². The lowest BCUT2D eigenvalue weighted by atomic mass is 10.1. The number of H-pyrrole nitrogens is 1. The SMILES string of the molecule is CCNCc1ccccc1-n1cn[nH]c1=O. The van der Waals surface area contributed by atoms with Gasteiger partial charge in [-0.15, -0.1) is 0 Å². The molecule has 0 radical (unpaired) electrons. The van der Waals surface area contributed by atoms with Crippen LogP contribution in [-0.4, -0.2) is 21.3 Å². The number of nitrogens with zero attached hydrogens (tertiary/aromatic N) is 2. The number of benzene rings is 1. The van der Waals surface area contributed by atoms with Gasteiger partial charge < -0.3 is 5.32 Å². The summed E-state index contributed by atoms with van der Waals surface area (Å²) in [6, 6.07) is 7.77. The molecule has 0 aliphatic carbocycles. The number of aromatic nitrogens is 3. The maximum atomic E-state index is 11.5. The van der Waals surface area contributed by atoms with Crippen LogP contribution in [0.15, 0.2) is 35.4 Å². The van der Waals surface area contributed by atoms with Crippen LogP contribution in [0.5, 0.6) is 0 Å². The van der Waals surface area contributed by atoms with Crippen molar-refractivity contribution in [3.8, 4) is 5.69 Å². The first-order chi connectivity index (χ1) is 7.83. The zero-order chi connectivity index (χ0) is 11.4. The molecule has 2 rings (SSSR count). The lowest BCUT2D eigenvalue weighted by Crippen LogP contribution is -2.18. The third-order valence-electron chi connectivity index (χ3n) is 2.37. The van der Waals surface area contributed by atoms with Crippen LogP contribution in [0, 0.1) is 0 Å². The third-order valence-corrected chi connectivity index (χ3v) is 2.37. The molecule has 0 unspecified atom stereocenters. The van der Waals surface area contributed by atoms with E-state index in [4.69, 9.17) is 0 Å². The van der Waals surface area contributed by atoms with Crippen molar-refractivity contribution in [2.75, 3.05) is 6.54 Å². The lowest BCUT2D eigenvalue weighted by molar-refractivity contribution is 0.721. The van der Waals surface area contributed by atoms with Crippen LogP contribution in [0.3, 0.4) is 0 Å². The standard InChI is InChI=1S/C11H14N4O/c1-2-12-7-9-5-3-4-6-10(9)15-8-13-14-11(15)16/h3-6,8,12H,2,7H2,1H3,(H,14,16). The van der Waals surface area contributed by atoms with E-state index in [9.17, 15) is 4.79 Å². The van der Waals surface area contributed by atoms with E-state index in [0.29, 0.717) is 0 Å². The minimum absolute atomic E-state index is 0.219.